The minimum atomic E-state index is 0. The van der Waals surface area contributed by atoms with Gasteiger partial charge in [-0.3, -0.25) is 0 Å². The third-order valence-electron chi connectivity index (χ3n) is 5.57. The van der Waals surface area contributed by atoms with E-state index in [0.29, 0.717) is 6.54 Å². The zero-order chi connectivity index (χ0) is 22.3. The van der Waals surface area contributed by atoms with Crippen LogP contribution in [0.1, 0.15) is 36.7 Å². The number of pyridine rings is 1. The summed E-state index contributed by atoms with van der Waals surface area (Å²) >= 11 is 0. The highest BCUT2D eigenvalue weighted by Crippen LogP contribution is 2.19. The molecule has 1 fully saturated rings. The van der Waals surface area contributed by atoms with Crippen LogP contribution in [0.4, 0.5) is 0 Å². The molecule has 8 heteroatoms. The van der Waals surface area contributed by atoms with E-state index in [9.17, 15) is 0 Å². The fraction of sp³-hybridized carbons (Fsp3) is 0.400. The normalized spacial score (nSPS) is 14.6. The molecule has 0 unspecified atom stereocenters. The van der Waals surface area contributed by atoms with E-state index in [1.54, 1.807) is 0 Å². The maximum atomic E-state index is 6.13. The second kappa shape index (κ2) is 12.0. The van der Waals surface area contributed by atoms with Gasteiger partial charge in [0, 0.05) is 44.4 Å². The van der Waals surface area contributed by atoms with Crippen LogP contribution in [0.2, 0.25) is 0 Å². The SMILES string of the molecule is CCNC(=NCc1ccc(-n2nc(C)cc2C)nc1)N1CCC(Oc2ccccc2)CC1.I. The molecule has 0 spiro atoms. The number of aromatic nitrogens is 3. The van der Waals surface area contributed by atoms with E-state index in [1.807, 2.05) is 61.1 Å². The summed E-state index contributed by atoms with van der Waals surface area (Å²) < 4.78 is 8.00. The molecule has 3 aromatic rings. The van der Waals surface area contributed by atoms with E-state index in [0.717, 1.165) is 67.0 Å². The molecule has 1 saturated heterocycles. The highest BCUT2D eigenvalue weighted by atomic mass is 127. The Balaban J connectivity index is 0.00000306. The molecular weight excluding hydrogens is 527 g/mol. The summed E-state index contributed by atoms with van der Waals surface area (Å²) in [7, 11) is 0. The zero-order valence-electron chi connectivity index (χ0n) is 19.6. The van der Waals surface area contributed by atoms with Gasteiger partial charge in [0.25, 0.3) is 0 Å². The molecule has 3 heterocycles. The molecule has 0 atom stereocenters. The predicted molar refractivity (Wildman–Crippen MR) is 143 cm³/mol. The molecule has 0 bridgehead atoms. The Morgan fingerprint density at radius 3 is 2.48 bits per heavy atom. The fourth-order valence-electron chi connectivity index (χ4n) is 3.97. The standard InChI is InChI=1S/C25H32N6O.HI/c1-4-26-25(30-14-12-23(13-15-30)32-22-8-6-5-7-9-22)28-18-21-10-11-24(27-17-21)31-20(3)16-19(2)29-31;/h5-11,16-17,23H,4,12-15,18H2,1-3H3,(H,26,28);1H. The highest BCUT2D eigenvalue weighted by Gasteiger charge is 2.22. The van der Waals surface area contributed by atoms with Gasteiger partial charge in [-0.1, -0.05) is 24.3 Å². The van der Waals surface area contributed by atoms with Crippen molar-refractivity contribution in [1.82, 2.24) is 25.0 Å². The molecule has 33 heavy (non-hydrogen) atoms. The molecule has 2 aromatic heterocycles. The number of hydrogen-bond donors (Lipinski definition) is 1. The molecule has 1 aliphatic heterocycles. The minimum absolute atomic E-state index is 0. The summed E-state index contributed by atoms with van der Waals surface area (Å²) in [5.74, 6) is 2.73. The molecule has 1 N–H and O–H groups in total. The summed E-state index contributed by atoms with van der Waals surface area (Å²) in [4.78, 5) is 11.8. The van der Waals surface area contributed by atoms with E-state index >= 15 is 0 Å². The van der Waals surface area contributed by atoms with Crippen molar-refractivity contribution in [2.45, 2.75) is 46.3 Å². The van der Waals surface area contributed by atoms with Gasteiger partial charge in [-0.05, 0) is 50.6 Å². The number of aryl methyl sites for hydroxylation is 2. The first-order valence-electron chi connectivity index (χ1n) is 11.4. The topological polar surface area (TPSA) is 67.6 Å². The fourth-order valence-corrected chi connectivity index (χ4v) is 3.97. The van der Waals surface area contributed by atoms with Crippen LogP contribution < -0.4 is 10.1 Å². The summed E-state index contributed by atoms with van der Waals surface area (Å²) in [6.07, 6.45) is 4.11. The van der Waals surface area contributed by atoms with Gasteiger partial charge in [0.05, 0.1) is 12.2 Å². The average Bonchev–Trinajstić information content (AvgIpc) is 3.16. The van der Waals surface area contributed by atoms with Gasteiger partial charge in [-0.2, -0.15) is 5.10 Å². The minimum Gasteiger partial charge on any atom is -0.490 e. The lowest BCUT2D eigenvalue weighted by atomic mass is 10.1. The van der Waals surface area contributed by atoms with Crippen molar-refractivity contribution in [3.8, 4) is 11.6 Å². The van der Waals surface area contributed by atoms with E-state index in [1.165, 1.54) is 0 Å². The lowest BCUT2D eigenvalue weighted by Gasteiger charge is -2.34. The summed E-state index contributed by atoms with van der Waals surface area (Å²) in [6, 6.07) is 16.2. The van der Waals surface area contributed by atoms with Crippen LogP contribution in [0.25, 0.3) is 5.82 Å². The zero-order valence-corrected chi connectivity index (χ0v) is 21.9. The lowest BCUT2D eigenvalue weighted by Crippen LogP contribution is -2.47. The van der Waals surface area contributed by atoms with E-state index in [-0.39, 0.29) is 30.1 Å². The van der Waals surface area contributed by atoms with Crippen LogP contribution in [-0.4, -0.2) is 51.4 Å². The predicted octanol–water partition coefficient (Wildman–Crippen LogP) is 4.51. The molecule has 1 aliphatic rings. The van der Waals surface area contributed by atoms with Gasteiger partial charge in [0.15, 0.2) is 11.8 Å². The number of ether oxygens (including phenoxy) is 1. The van der Waals surface area contributed by atoms with Gasteiger partial charge in [-0.25, -0.2) is 14.7 Å². The van der Waals surface area contributed by atoms with Gasteiger partial charge in [-0.15, -0.1) is 24.0 Å². The second-order valence-electron chi connectivity index (χ2n) is 8.15. The van der Waals surface area contributed by atoms with E-state index in [2.05, 4.69) is 39.4 Å². The van der Waals surface area contributed by atoms with Crippen molar-refractivity contribution in [2.24, 2.45) is 4.99 Å². The molecule has 0 aliphatic carbocycles. The van der Waals surface area contributed by atoms with Crippen molar-refractivity contribution in [3.63, 3.8) is 0 Å². The van der Waals surface area contributed by atoms with E-state index < -0.39 is 0 Å². The van der Waals surface area contributed by atoms with Crippen molar-refractivity contribution in [1.29, 1.82) is 0 Å². The van der Waals surface area contributed by atoms with E-state index in [4.69, 9.17) is 9.73 Å². The number of benzene rings is 1. The summed E-state index contributed by atoms with van der Waals surface area (Å²) in [6.45, 7) is 9.42. The maximum Gasteiger partial charge on any atom is 0.194 e. The number of rotatable bonds is 6. The van der Waals surface area contributed by atoms with Gasteiger partial charge < -0.3 is 15.0 Å². The maximum absolute atomic E-state index is 6.13. The monoisotopic (exact) mass is 560 g/mol. The lowest BCUT2D eigenvalue weighted by molar-refractivity contribution is 0.129. The number of nitrogens with zero attached hydrogens (tertiary/aromatic N) is 5. The highest BCUT2D eigenvalue weighted by molar-refractivity contribution is 14.0. The second-order valence-corrected chi connectivity index (χ2v) is 8.15. The Morgan fingerprint density at radius 1 is 1.12 bits per heavy atom. The Hall–Kier alpha value is -2.62. The number of nitrogens with one attached hydrogen (secondary N) is 1. The Morgan fingerprint density at radius 2 is 1.88 bits per heavy atom. The molecular formula is C25H33IN6O. The van der Waals surface area contributed by atoms with Crippen molar-refractivity contribution in [3.05, 3.63) is 71.7 Å². The molecule has 4 rings (SSSR count). The first kappa shape index (κ1) is 25.0. The summed E-state index contributed by atoms with van der Waals surface area (Å²) in [5.41, 5.74) is 3.15. The number of guanidine groups is 1. The van der Waals surface area contributed by atoms with Crippen LogP contribution in [0.15, 0.2) is 59.7 Å². The molecule has 1 aromatic carbocycles. The number of aliphatic imine (C=N–C) groups is 1. The average molecular weight is 560 g/mol. The number of hydrogen-bond acceptors (Lipinski definition) is 4. The van der Waals surface area contributed by atoms with Gasteiger partial charge >= 0.3 is 0 Å². The van der Waals surface area contributed by atoms with Crippen LogP contribution >= 0.6 is 24.0 Å². The quantitative estimate of drug-likeness (QED) is 0.273. The van der Waals surface area contributed by atoms with Gasteiger partial charge in [0.2, 0.25) is 0 Å². The Kier molecular flexibility index (Phi) is 9.11. The molecule has 0 amide bonds. The molecule has 0 radical (unpaired) electrons. The Labute approximate surface area is 213 Å². The third-order valence-corrected chi connectivity index (χ3v) is 5.57. The van der Waals surface area contributed by atoms with Crippen molar-refractivity contribution >= 4 is 29.9 Å². The van der Waals surface area contributed by atoms with Crippen molar-refractivity contribution in [2.75, 3.05) is 19.6 Å². The van der Waals surface area contributed by atoms with Crippen LogP contribution in [0, 0.1) is 13.8 Å². The van der Waals surface area contributed by atoms with Crippen LogP contribution in [-0.2, 0) is 6.54 Å². The smallest absolute Gasteiger partial charge is 0.194 e. The van der Waals surface area contributed by atoms with Crippen LogP contribution in [0.5, 0.6) is 5.75 Å². The van der Waals surface area contributed by atoms with Crippen LogP contribution in [0.3, 0.4) is 0 Å². The third kappa shape index (κ3) is 6.69. The number of likely N-dealkylation sites (tertiary alicyclic amines) is 1. The number of para-hydroxylation sites is 1. The molecule has 7 nitrogen and oxygen atoms in total. The first-order chi connectivity index (χ1) is 15.6. The molecule has 176 valence electrons. The Bertz CT molecular complexity index is 1030. The summed E-state index contributed by atoms with van der Waals surface area (Å²) in [5, 5.41) is 7.94. The first-order valence-corrected chi connectivity index (χ1v) is 11.4. The largest absolute Gasteiger partial charge is 0.490 e. The van der Waals surface area contributed by atoms with Crippen molar-refractivity contribution < 1.29 is 4.74 Å². The van der Waals surface area contributed by atoms with Gasteiger partial charge in [0.1, 0.15) is 11.9 Å². The number of piperidine rings is 1. The number of halogens is 1. The molecule has 0 saturated carbocycles.